The van der Waals surface area contributed by atoms with Crippen LogP contribution in [0.1, 0.15) is 28.6 Å². The van der Waals surface area contributed by atoms with Crippen LogP contribution < -0.4 is 5.32 Å². The van der Waals surface area contributed by atoms with Crippen LogP contribution >= 0.6 is 23.2 Å². The van der Waals surface area contributed by atoms with E-state index in [0.29, 0.717) is 5.02 Å². The van der Waals surface area contributed by atoms with Gasteiger partial charge in [-0.05, 0) is 62.7 Å². The fourth-order valence-corrected chi connectivity index (χ4v) is 2.60. The van der Waals surface area contributed by atoms with Gasteiger partial charge in [-0.3, -0.25) is 0 Å². The number of hydrogen-bond acceptors (Lipinski definition) is 3. The SMILES string of the molecule is CNC(Cc1cc(Cl)ccc1Cl)c1cc(C)nnc1C. The molecule has 2 aromatic rings. The standard InChI is InChI=1S/C15H17Cl2N3/c1-9-6-13(10(2)20-19-9)15(18-3)8-11-7-12(16)4-5-14(11)17/h4-7,15,18H,8H2,1-3H3. The van der Waals surface area contributed by atoms with Gasteiger partial charge in [-0.25, -0.2) is 0 Å². The van der Waals surface area contributed by atoms with E-state index in [1.807, 2.05) is 33.0 Å². The Labute approximate surface area is 129 Å². The minimum atomic E-state index is 0.125. The number of halogens is 2. The molecule has 1 aromatic heterocycles. The zero-order chi connectivity index (χ0) is 14.7. The van der Waals surface area contributed by atoms with Crippen molar-refractivity contribution in [2.45, 2.75) is 26.3 Å². The van der Waals surface area contributed by atoms with Crippen molar-refractivity contribution in [3.05, 3.63) is 56.8 Å². The van der Waals surface area contributed by atoms with E-state index in [4.69, 9.17) is 23.2 Å². The van der Waals surface area contributed by atoms with E-state index in [-0.39, 0.29) is 6.04 Å². The lowest BCUT2D eigenvalue weighted by molar-refractivity contribution is 0.582. The lowest BCUT2D eigenvalue weighted by Crippen LogP contribution is -2.21. The molecule has 1 atom stereocenters. The molecule has 1 heterocycles. The average Bonchev–Trinajstić information content (AvgIpc) is 2.42. The molecule has 0 radical (unpaired) electrons. The minimum absolute atomic E-state index is 0.125. The number of aryl methyl sites for hydroxylation is 2. The second-order valence-corrected chi connectivity index (χ2v) is 5.65. The van der Waals surface area contributed by atoms with Crippen molar-refractivity contribution in [2.24, 2.45) is 0 Å². The number of rotatable bonds is 4. The molecule has 1 N–H and O–H groups in total. The van der Waals surface area contributed by atoms with E-state index in [9.17, 15) is 0 Å². The minimum Gasteiger partial charge on any atom is -0.313 e. The third kappa shape index (κ3) is 3.48. The second-order valence-electron chi connectivity index (χ2n) is 4.81. The Bertz CT molecular complexity index is 614. The van der Waals surface area contributed by atoms with Crippen LogP contribution in [0.5, 0.6) is 0 Å². The molecule has 106 valence electrons. The average molecular weight is 310 g/mol. The first-order valence-electron chi connectivity index (χ1n) is 6.43. The molecule has 0 aliphatic rings. The summed E-state index contributed by atoms with van der Waals surface area (Å²) in [6.45, 7) is 3.90. The number of likely N-dealkylation sites (N-methyl/N-ethyl adjacent to an activating group) is 1. The van der Waals surface area contributed by atoms with E-state index in [1.165, 1.54) is 0 Å². The second kappa shape index (κ2) is 6.53. The highest BCUT2D eigenvalue weighted by Gasteiger charge is 2.16. The summed E-state index contributed by atoms with van der Waals surface area (Å²) in [4.78, 5) is 0. The van der Waals surface area contributed by atoms with E-state index < -0.39 is 0 Å². The predicted octanol–water partition coefficient (Wildman–Crippen LogP) is 3.90. The molecule has 1 aromatic carbocycles. The molecule has 5 heteroatoms. The number of nitrogens with one attached hydrogen (secondary N) is 1. The summed E-state index contributed by atoms with van der Waals surface area (Å²) in [5.74, 6) is 0. The van der Waals surface area contributed by atoms with Crippen molar-refractivity contribution in [1.29, 1.82) is 0 Å². The van der Waals surface area contributed by atoms with Crippen molar-refractivity contribution < 1.29 is 0 Å². The molecule has 20 heavy (non-hydrogen) atoms. The van der Waals surface area contributed by atoms with Crippen LogP contribution in [0.15, 0.2) is 24.3 Å². The van der Waals surface area contributed by atoms with E-state index in [1.54, 1.807) is 6.07 Å². The highest BCUT2D eigenvalue weighted by molar-refractivity contribution is 6.33. The molecule has 0 spiro atoms. The zero-order valence-corrected chi connectivity index (χ0v) is 13.3. The Morgan fingerprint density at radius 3 is 2.60 bits per heavy atom. The first-order chi connectivity index (χ1) is 9.51. The van der Waals surface area contributed by atoms with Crippen LogP contribution in [0.3, 0.4) is 0 Å². The summed E-state index contributed by atoms with van der Waals surface area (Å²) < 4.78 is 0. The monoisotopic (exact) mass is 309 g/mol. The van der Waals surface area contributed by atoms with Crippen LogP contribution in [0.25, 0.3) is 0 Å². The highest BCUT2D eigenvalue weighted by atomic mass is 35.5. The Balaban J connectivity index is 2.33. The van der Waals surface area contributed by atoms with E-state index in [2.05, 4.69) is 21.6 Å². The molecular weight excluding hydrogens is 293 g/mol. The lowest BCUT2D eigenvalue weighted by atomic mass is 9.98. The van der Waals surface area contributed by atoms with Crippen LogP contribution in [0.4, 0.5) is 0 Å². The first-order valence-corrected chi connectivity index (χ1v) is 7.19. The molecule has 0 bridgehead atoms. The largest absolute Gasteiger partial charge is 0.313 e. The van der Waals surface area contributed by atoms with Gasteiger partial charge in [0.15, 0.2) is 0 Å². The van der Waals surface area contributed by atoms with Crippen molar-refractivity contribution in [3.8, 4) is 0 Å². The summed E-state index contributed by atoms with van der Waals surface area (Å²) in [5, 5.41) is 13.0. The van der Waals surface area contributed by atoms with Gasteiger partial charge in [0.2, 0.25) is 0 Å². The summed E-state index contributed by atoms with van der Waals surface area (Å²) in [5.41, 5.74) is 3.99. The van der Waals surface area contributed by atoms with Crippen molar-refractivity contribution >= 4 is 23.2 Å². The number of benzene rings is 1. The maximum absolute atomic E-state index is 6.24. The molecule has 3 nitrogen and oxygen atoms in total. The first kappa shape index (κ1) is 15.2. The Kier molecular flexibility index (Phi) is 4.97. The highest BCUT2D eigenvalue weighted by Crippen LogP contribution is 2.27. The molecule has 0 saturated heterocycles. The fraction of sp³-hybridized carbons (Fsp3) is 0.333. The van der Waals surface area contributed by atoms with Gasteiger partial charge in [0.25, 0.3) is 0 Å². The zero-order valence-electron chi connectivity index (χ0n) is 11.7. The third-order valence-corrected chi connectivity index (χ3v) is 3.90. The molecule has 0 fully saturated rings. The topological polar surface area (TPSA) is 37.8 Å². The summed E-state index contributed by atoms with van der Waals surface area (Å²) in [7, 11) is 1.93. The molecule has 0 amide bonds. The van der Waals surface area contributed by atoms with Crippen molar-refractivity contribution in [2.75, 3.05) is 7.05 Å². The molecular formula is C15H17Cl2N3. The van der Waals surface area contributed by atoms with Crippen LogP contribution in [0, 0.1) is 13.8 Å². The molecule has 1 unspecified atom stereocenters. The van der Waals surface area contributed by atoms with Gasteiger partial charge >= 0.3 is 0 Å². The molecule has 2 rings (SSSR count). The van der Waals surface area contributed by atoms with Crippen LogP contribution in [0.2, 0.25) is 10.0 Å². The van der Waals surface area contributed by atoms with Gasteiger partial charge in [0.1, 0.15) is 0 Å². The quantitative estimate of drug-likeness (QED) is 0.930. The molecule has 0 saturated carbocycles. The third-order valence-electron chi connectivity index (χ3n) is 3.30. The van der Waals surface area contributed by atoms with Gasteiger partial charge in [-0.15, -0.1) is 0 Å². The number of aromatic nitrogens is 2. The lowest BCUT2D eigenvalue weighted by Gasteiger charge is -2.19. The van der Waals surface area contributed by atoms with Gasteiger partial charge in [0.05, 0.1) is 11.4 Å². The summed E-state index contributed by atoms with van der Waals surface area (Å²) in [6.07, 6.45) is 0.752. The maximum Gasteiger partial charge on any atom is 0.0648 e. The Hall–Kier alpha value is -1.16. The molecule has 0 aliphatic heterocycles. The Morgan fingerprint density at radius 1 is 1.15 bits per heavy atom. The van der Waals surface area contributed by atoms with Crippen molar-refractivity contribution in [1.82, 2.24) is 15.5 Å². The number of nitrogens with zero attached hydrogens (tertiary/aromatic N) is 2. The van der Waals surface area contributed by atoms with E-state index in [0.717, 1.165) is 34.0 Å². The van der Waals surface area contributed by atoms with Gasteiger partial charge < -0.3 is 5.32 Å². The van der Waals surface area contributed by atoms with Gasteiger partial charge in [-0.2, -0.15) is 10.2 Å². The Morgan fingerprint density at radius 2 is 1.90 bits per heavy atom. The summed E-state index contributed by atoms with van der Waals surface area (Å²) in [6, 6.07) is 7.72. The van der Waals surface area contributed by atoms with Crippen LogP contribution in [-0.4, -0.2) is 17.2 Å². The van der Waals surface area contributed by atoms with Crippen LogP contribution in [-0.2, 0) is 6.42 Å². The summed E-state index contributed by atoms with van der Waals surface area (Å²) >= 11 is 12.3. The number of hydrogen-bond donors (Lipinski definition) is 1. The smallest absolute Gasteiger partial charge is 0.0648 e. The predicted molar refractivity (Wildman–Crippen MR) is 83.5 cm³/mol. The normalized spacial score (nSPS) is 12.4. The van der Waals surface area contributed by atoms with Gasteiger partial charge in [0, 0.05) is 16.1 Å². The molecule has 0 aliphatic carbocycles. The fourth-order valence-electron chi connectivity index (χ4n) is 2.21. The van der Waals surface area contributed by atoms with Gasteiger partial charge in [-0.1, -0.05) is 23.2 Å². The van der Waals surface area contributed by atoms with Crippen molar-refractivity contribution in [3.63, 3.8) is 0 Å². The maximum atomic E-state index is 6.24. The van der Waals surface area contributed by atoms with E-state index >= 15 is 0 Å².